The van der Waals surface area contributed by atoms with Crippen molar-refractivity contribution in [1.82, 2.24) is 9.21 Å². The van der Waals surface area contributed by atoms with E-state index in [9.17, 15) is 31.2 Å². The van der Waals surface area contributed by atoms with Crippen LogP contribution in [0.25, 0.3) is 0 Å². The Hall–Kier alpha value is -3.54. The van der Waals surface area contributed by atoms with Gasteiger partial charge in [0.05, 0.1) is 18.0 Å². The Morgan fingerprint density at radius 3 is 2.29 bits per heavy atom. The van der Waals surface area contributed by atoms with Gasteiger partial charge in [0.1, 0.15) is 16.8 Å². The first-order valence-electron chi connectivity index (χ1n) is 13.6. The third kappa shape index (κ3) is 4.04. The van der Waals surface area contributed by atoms with Crippen LogP contribution in [0.5, 0.6) is 0 Å². The summed E-state index contributed by atoms with van der Waals surface area (Å²) in [6, 6.07) is 11.8. The minimum absolute atomic E-state index is 0.0571. The maximum absolute atomic E-state index is 14.6. The number of carbonyl (C=O) groups excluding carboxylic acids is 2. The average Bonchev–Trinajstić information content (AvgIpc) is 3.75. The highest BCUT2D eigenvalue weighted by atomic mass is 32.2. The summed E-state index contributed by atoms with van der Waals surface area (Å²) in [6.07, 6.45) is 2.59. The first-order valence-corrected chi connectivity index (χ1v) is 15.0. The zero-order chi connectivity index (χ0) is 29.2. The minimum Gasteiger partial charge on any atom is -0.319 e. The predicted octanol–water partition coefficient (Wildman–Crippen LogP) is 5.01. The summed E-state index contributed by atoms with van der Waals surface area (Å²) in [6.45, 7) is 2.44. The second-order valence-electron chi connectivity index (χ2n) is 11.1. The molecule has 6 rings (SSSR count). The number of amides is 2. The molecule has 41 heavy (non-hydrogen) atoms. The van der Waals surface area contributed by atoms with E-state index in [4.69, 9.17) is 0 Å². The van der Waals surface area contributed by atoms with Gasteiger partial charge in [-0.15, -0.1) is 3.89 Å². The number of nitrogens with one attached hydrogen (secondary N) is 2. The molecule has 11 heteroatoms. The van der Waals surface area contributed by atoms with Crippen LogP contribution < -0.4 is 14.5 Å². The Bertz CT molecular complexity index is 1670. The van der Waals surface area contributed by atoms with E-state index in [-0.39, 0.29) is 27.8 Å². The highest BCUT2D eigenvalue weighted by molar-refractivity contribution is 7.91. The highest BCUT2D eigenvalue weighted by Crippen LogP contribution is 2.62. The van der Waals surface area contributed by atoms with E-state index in [2.05, 4.69) is 10.6 Å². The lowest BCUT2D eigenvalue weighted by Gasteiger charge is -2.43. The molecule has 2 heterocycles. The molecule has 1 aliphatic carbocycles. The number of hydrogen-bond donors (Lipinski definition) is 2. The molecule has 1 saturated heterocycles. The van der Waals surface area contributed by atoms with E-state index in [1.165, 1.54) is 43.3 Å². The van der Waals surface area contributed by atoms with Crippen LogP contribution in [-0.2, 0) is 20.2 Å². The molecule has 0 bridgehead atoms. The Balaban J connectivity index is 1.56. The molecule has 3 aromatic rings. The van der Waals surface area contributed by atoms with Gasteiger partial charge in [0, 0.05) is 23.1 Å². The largest absolute Gasteiger partial charge is 0.339 e. The third-order valence-corrected chi connectivity index (χ3v) is 11.1. The Kier molecular flexibility index (Phi) is 6.59. The Morgan fingerprint density at radius 2 is 1.66 bits per heavy atom. The smallest absolute Gasteiger partial charge is 0.319 e. The van der Waals surface area contributed by atoms with Crippen molar-refractivity contribution in [3.63, 3.8) is 0 Å². The first-order chi connectivity index (χ1) is 19.5. The van der Waals surface area contributed by atoms with Crippen molar-refractivity contribution in [2.45, 2.75) is 49.0 Å². The molecule has 2 fully saturated rings. The summed E-state index contributed by atoms with van der Waals surface area (Å²) in [5, 5.41) is 5.73. The van der Waals surface area contributed by atoms with Crippen LogP contribution in [0.1, 0.15) is 48.5 Å². The van der Waals surface area contributed by atoms with Crippen LogP contribution in [-0.4, -0.2) is 39.4 Å². The molecular formula is C30H29F3N3O4S+. The fourth-order valence-electron chi connectivity index (χ4n) is 7.00. The molecule has 1 spiro atoms. The number of nitrogens with zero attached hydrogens (tertiary/aromatic N) is 1. The van der Waals surface area contributed by atoms with Crippen LogP contribution >= 0.6 is 0 Å². The van der Waals surface area contributed by atoms with E-state index in [1.807, 2.05) is 0 Å². The molecule has 2 aliphatic heterocycles. The van der Waals surface area contributed by atoms with Gasteiger partial charge in [-0.05, 0) is 87.3 Å². The molecule has 2 unspecified atom stereocenters. The summed E-state index contributed by atoms with van der Waals surface area (Å²) in [7, 11) is -4.44. The van der Waals surface area contributed by atoms with Crippen molar-refractivity contribution in [2.24, 2.45) is 5.92 Å². The van der Waals surface area contributed by atoms with Crippen molar-refractivity contribution < 1.29 is 31.2 Å². The standard InChI is InChI=1S/C30H28F3N3O4S/c1-18(37)36(41(39,40)22-10-8-21(31)9-11-22)26-12-7-20(29(38)35-25-4-2-3-24(32)27(25)33)17-23(26)30(13-15-34-16-14-30)28(36)19-5-6-19/h2-4,7-12,17,19,28,34H,5-6,13-16H2,1H3/p+1. The second kappa shape index (κ2) is 9.78. The quantitative estimate of drug-likeness (QED) is 0.412. The zero-order valence-corrected chi connectivity index (χ0v) is 23.1. The lowest BCUT2D eigenvalue weighted by atomic mass is 9.68. The van der Waals surface area contributed by atoms with E-state index in [0.29, 0.717) is 31.5 Å². The van der Waals surface area contributed by atoms with Gasteiger partial charge in [0.2, 0.25) is 0 Å². The van der Waals surface area contributed by atoms with E-state index in [1.54, 1.807) is 6.07 Å². The van der Waals surface area contributed by atoms with Crippen molar-refractivity contribution in [3.05, 3.63) is 89.2 Å². The maximum Gasteiger partial charge on any atom is 0.339 e. The zero-order valence-electron chi connectivity index (χ0n) is 22.3. The molecule has 7 nitrogen and oxygen atoms in total. The molecule has 3 aliphatic rings. The number of hydrogen-bond acceptors (Lipinski definition) is 5. The topological polar surface area (TPSA) is 92.3 Å². The number of carbonyl (C=O) groups is 2. The number of benzene rings is 3. The first kappa shape index (κ1) is 27.6. The Labute approximate surface area is 236 Å². The summed E-state index contributed by atoms with van der Waals surface area (Å²) in [4.78, 5) is 27.0. The summed E-state index contributed by atoms with van der Waals surface area (Å²) in [5.74, 6) is -4.23. The molecule has 3 aromatic carbocycles. The monoisotopic (exact) mass is 584 g/mol. The average molecular weight is 585 g/mol. The van der Waals surface area contributed by atoms with Crippen molar-refractivity contribution in [1.29, 1.82) is 0 Å². The normalized spacial score (nSPS) is 23.3. The Morgan fingerprint density at radius 1 is 0.976 bits per heavy atom. The van der Waals surface area contributed by atoms with Gasteiger partial charge in [-0.3, -0.25) is 4.79 Å². The molecule has 2 atom stereocenters. The minimum atomic E-state index is -4.44. The van der Waals surface area contributed by atoms with Crippen LogP contribution in [0.4, 0.5) is 24.5 Å². The lowest BCUT2D eigenvalue weighted by Crippen LogP contribution is -2.67. The van der Waals surface area contributed by atoms with Gasteiger partial charge < -0.3 is 10.6 Å². The molecule has 1 saturated carbocycles. The number of quaternary nitrogens is 1. The lowest BCUT2D eigenvalue weighted by molar-refractivity contribution is -0.126. The molecule has 0 aromatic heterocycles. The van der Waals surface area contributed by atoms with E-state index >= 15 is 0 Å². The maximum atomic E-state index is 14.6. The number of fused-ring (bicyclic) bond motifs is 2. The van der Waals surface area contributed by atoms with Crippen LogP contribution in [0, 0.1) is 23.4 Å². The summed E-state index contributed by atoms with van der Waals surface area (Å²) < 4.78 is 70.2. The van der Waals surface area contributed by atoms with Crippen molar-refractivity contribution in [2.75, 3.05) is 18.4 Å². The molecular weight excluding hydrogens is 555 g/mol. The highest BCUT2D eigenvalue weighted by Gasteiger charge is 2.73. The number of anilines is 1. The molecule has 214 valence electrons. The van der Waals surface area contributed by atoms with Crippen molar-refractivity contribution in [3.8, 4) is 0 Å². The summed E-state index contributed by atoms with van der Waals surface area (Å²) in [5.41, 5.74) is -0.0856. The third-order valence-electron chi connectivity index (χ3n) is 8.83. The fraction of sp³-hybridized carbons (Fsp3) is 0.333. The molecule has 0 radical (unpaired) electrons. The van der Waals surface area contributed by atoms with Gasteiger partial charge in [-0.1, -0.05) is 6.07 Å². The van der Waals surface area contributed by atoms with E-state index in [0.717, 1.165) is 31.0 Å². The van der Waals surface area contributed by atoms with Crippen LogP contribution in [0.15, 0.2) is 65.6 Å². The fourth-order valence-corrected chi connectivity index (χ4v) is 9.24. The number of halogens is 3. The second-order valence-corrected chi connectivity index (χ2v) is 13.1. The SMILES string of the molecule is CC(=O)[N+]1(S(=O)(=O)c2ccc(F)cc2)c2ccc(C(=O)Nc3cccc(F)c3F)cc2C2(CCNCC2)C1C1CC1. The van der Waals surface area contributed by atoms with Gasteiger partial charge in [0.25, 0.3) is 5.91 Å². The van der Waals surface area contributed by atoms with Gasteiger partial charge in [0.15, 0.2) is 17.3 Å². The van der Waals surface area contributed by atoms with Gasteiger partial charge in [-0.2, -0.15) is 8.42 Å². The van der Waals surface area contributed by atoms with Crippen molar-refractivity contribution >= 4 is 33.2 Å². The predicted molar refractivity (Wildman–Crippen MR) is 147 cm³/mol. The number of sulfonamides is 1. The van der Waals surface area contributed by atoms with Gasteiger partial charge in [-0.25, -0.2) is 18.0 Å². The number of piperidine rings is 1. The molecule has 2 N–H and O–H groups in total. The van der Waals surface area contributed by atoms with Crippen LogP contribution in [0.2, 0.25) is 0 Å². The van der Waals surface area contributed by atoms with Crippen LogP contribution in [0.3, 0.4) is 0 Å². The van der Waals surface area contributed by atoms with E-state index < -0.39 is 54.6 Å². The summed E-state index contributed by atoms with van der Waals surface area (Å²) >= 11 is 0. The number of rotatable bonds is 5. The molecule has 2 amide bonds. The van der Waals surface area contributed by atoms with Gasteiger partial charge >= 0.3 is 15.9 Å².